The predicted octanol–water partition coefficient (Wildman–Crippen LogP) is 3.08. The number of nitrogen functional groups attached to an aromatic ring is 1. The molecule has 0 saturated heterocycles. The first-order valence-corrected chi connectivity index (χ1v) is 11.3. The minimum Gasteiger partial charge on any atom is -0.491 e. The molecular weight excluding hydrogens is 456 g/mol. The van der Waals surface area contributed by atoms with Gasteiger partial charge in [0.15, 0.2) is 5.69 Å². The van der Waals surface area contributed by atoms with Crippen molar-refractivity contribution in [3.05, 3.63) is 71.5 Å². The Bertz CT molecular complexity index is 1270. The molecule has 34 heavy (non-hydrogen) atoms. The van der Waals surface area contributed by atoms with Gasteiger partial charge in [0.1, 0.15) is 5.75 Å². The predicted molar refractivity (Wildman–Crippen MR) is 127 cm³/mol. The molecule has 174 valence electrons. The van der Waals surface area contributed by atoms with Gasteiger partial charge in [-0.25, -0.2) is 10.1 Å². The Balaban J connectivity index is 1.50. The number of hydrogen-bond acceptors (Lipinski definition) is 10. The monoisotopic (exact) mass is 478 g/mol. The zero-order valence-electron chi connectivity index (χ0n) is 18.5. The van der Waals surface area contributed by atoms with Crippen LogP contribution in [0, 0.1) is 0 Å². The van der Waals surface area contributed by atoms with Gasteiger partial charge in [0.25, 0.3) is 5.91 Å². The van der Waals surface area contributed by atoms with E-state index in [0.29, 0.717) is 11.4 Å². The standard InChI is InChI=1S/C22H22N8O3S/c1-14(2)32-16-10-8-15(9-11-16)12-24-26-22(31)19-18(13-34-17-6-4-3-5-7-17)30(29-25-19)21-20(23)27-33-28-21/h3-12,14H,13H2,1-2H3,(H2,23,27)(H,26,31)/b24-12+. The molecule has 0 unspecified atom stereocenters. The number of hydrogen-bond donors (Lipinski definition) is 2. The fourth-order valence-corrected chi connectivity index (χ4v) is 3.82. The Morgan fingerprint density at radius 3 is 2.65 bits per heavy atom. The van der Waals surface area contributed by atoms with E-state index in [4.69, 9.17) is 10.5 Å². The third-order valence-corrected chi connectivity index (χ3v) is 5.45. The molecule has 0 fully saturated rings. The van der Waals surface area contributed by atoms with Crippen LogP contribution < -0.4 is 15.9 Å². The van der Waals surface area contributed by atoms with Crippen molar-refractivity contribution in [2.24, 2.45) is 5.10 Å². The van der Waals surface area contributed by atoms with Crippen molar-refractivity contribution in [3.63, 3.8) is 0 Å². The number of amides is 1. The van der Waals surface area contributed by atoms with E-state index < -0.39 is 5.91 Å². The van der Waals surface area contributed by atoms with E-state index in [9.17, 15) is 4.79 Å². The van der Waals surface area contributed by atoms with Gasteiger partial charge in [0.2, 0.25) is 11.6 Å². The molecule has 0 aliphatic heterocycles. The van der Waals surface area contributed by atoms with Crippen LogP contribution in [-0.2, 0) is 5.75 Å². The summed E-state index contributed by atoms with van der Waals surface area (Å²) in [7, 11) is 0. The summed E-state index contributed by atoms with van der Waals surface area (Å²) in [6.45, 7) is 3.92. The van der Waals surface area contributed by atoms with Crippen LogP contribution in [0.3, 0.4) is 0 Å². The zero-order valence-corrected chi connectivity index (χ0v) is 19.3. The molecule has 12 heteroatoms. The van der Waals surface area contributed by atoms with Crippen molar-refractivity contribution >= 4 is 29.7 Å². The third kappa shape index (κ3) is 5.59. The average molecular weight is 479 g/mol. The maximum absolute atomic E-state index is 12.8. The summed E-state index contributed by atoms with van der Waals surface area (Å²) < 4.78 is 11.6. The molecule has 2 aromatic carbocycles. The molecule has 0 saturated carbocycles. The van der Waals surface area contributed by atoms with Gasteiger partial charge in [0.05, 0.1) is 18.0 Å². The number of hydrazone groups is 1. The first-order valence-electron chi connectivity index (χ1n) is 10.3. The lowest BCUT2D eigenvalue weighted by Crippen LogP contribution is -2.20. The van der Waals surface area contributed by atoms with Gasteiger partial charge in [-0.1, -0.05) is 23.4 Å². The van der Waals surface area contributed by atoms with E-state index in [1.807, 2.05) is 68.4 Å². The van der Waals surface area contributed by atoms with Crippen LogP contribution in [0.1, 0.15) is 35.6 Å². The van der Waals surface area contributed by atoms with Gasteiger partial charge in [-0.3, -0.25) is 4.79 Å². The Labute approximate surface area is 199 Å². The van der Waals surface area contributed by atoms with Crippen LogP contribution in [-0.4, -0.2) is 43.5 Å². The van der Waals surface area contributed by atoms with Crippen LogP contribution in [0.2, 0.25) is 0 Å². The van der Waals surface area contributed by atoms with E-state index in [-0.39, 0.29) is 23.4 Å². The number of benzene rings is 2. The summed E-state index contributed by atoms with van der Waals surface area (Å²) in [4.78, 5) is 13.9. The van der Waals surface area contributed by atoms with Crippen LogP contribution >= 0.6 is 11.8 Å². The highest BCUT2D eigenvalue weighted by Gasteiger charge is 2.24. The number of carbonyl (C=O) groups is 1. The van der Waals surface area contributed by atoms with Crippen LogP contribution in [0.25, 0.3) is 5.82 Å². The summed E-state index contributed by atoms with van der Waals surface area (Å²) >= 11 is 1.50. The van der Waals surface area contributed by atoms with E-state index >= 15 is 0 Å². The highest BCUT2D eigenvalue weighted by atomic mass is 32.2. The lowest BCUT2D eigenvalue weighted by molar-refractivity contribution is 0.0949. The Morgan fingerprint density at radius 2 is 1.97 bits per heavy atom. The number of carbonyl (C=O) groups excluding carboxylic acids is 1. The minimum absolute atomic E-state index is 0.0331. The van der Waals surface area contributed by atoms with Gasteiger partial charge >= 0.3 is 0 Å². The molecule has 11 nitrogen and oxygen atoms in total. The molecule has 4 rings (SSSR count). The summed E-state index contributed by atoms with van der Waals surface area (Å²) in [5.74, 6) is 0.789. The Hall–Kier alpha value is -4.19. The fraction of sp³-hybridized carbons (Fsp3) is 0.182. The number of rotatable bonds is 9. The summed E-state index contributed by atoms with van der Waals surface area (Å²) in [6, 6.07) is 17.1. The second-order valence-electron chi connectivity index (χ2n) is 7.31. The third-order valence-electron chi connectivity index (χ3n) is 4.42. The van der Waals surface area contributed by atoms with E-state index in [2.05, 4.69) is 35.8 Å². The minimum atomic E-state index is -0.527. The molecular formula is C22H22N8O3S. The van der Waals surface area contributed by atoms with Crippen molar-refractivity contribution < 1.29 is 14.2 Å². The largest absolute Gasteiger partial charge is 0.491 e. The van der Waals surface area contributed by atoms with Crippen molar-refractivity contribution in [1.82, 2.24) is 30.7 Å². The Morgan fingerprint density at radius 1 is 1.21 bits per heavy atom. The molecule has 0 atom stereocenters. The normalized spacial score (nSPS) is 11.3. The summed E-state index contributed by atoms with van der Waals surface area (Å²) in [6.07, 6.45) is 1.62. The lowest BCUT2D eigenvalue weighted by atomic mass is 10.2. The SMILES string of the molecule is CC(C)Oc1ccc(/C=N/NC(=O)c2nnn(-c3nonc3N)c2CSc2ccccc2)cc1. The molecule has 1 amide bonds. The van der Waals surface area contributed by atoms with Crippen molar-refractivity contribution in [2.75, 3.05) is 5.73 Å². The summed E-state index contributed by atoms with van der Waals surface area (Å²) in [5.41, 5.74) is 9.66. The number of nitrogens with zero attached hydrogens (tertiary/aromatic N) is 6. The molecule has 2 heterocycles. The van der Waals surface area contributed by atoms with E-state index in [1.165, 1.54) is 22.7 Å². The zero-order chi connectivity index (χ0) is 23.9. The van der Waals surface area contributed by atoms with E-state index in [1.54, 1.807) is 0 Å². The number of aromatic nitrogens is 5. The van der Waals surface area contributed by atoms with E-state index in [0.717, 1.165) is 16.2 Å². The molecule has 0 aliphatic carbocycles. The van der Waals surface area contributed by atoms with Crippen LogP contribution in [0.5, 0.6) is 5.75 Å². The maximum atomic E-state index is 12.8. The first kappa shape index (κ1) is 23.0. The molecule has 3 N–H and O–H groups in total. The first-order chi connectivity index (χ1) is 16.5. The maximum Gasteiger partial charge on any atom is 0.293 e. The molecule has 0 aliphatic rings. The molecule has 4 aromatic rings. The number of nitrogens with one attached hydrogen (secondary N) is 1. The van der Waals surface area contributed by atoms with Crippen molar-refractivity contribution in [2.45, 2.75) is 30.6 Å². The summed E-state index contributed by atoms with van der Waals surface area (Å²) in [5, 5.41) is 19.4. The Kier molecular flexibility index (Phi) is 7.18. The van der Waals surface area contributed by atoms with Crippen molar-refractivity contribution in [3.8, 4) is 11.6 Å². The fourth-order valence-electron chi connectivity index (χ4n) is 2.91. The number of thioether (sulfide) groups is 1. The second kappa shape index (κ2) is 10.6. The van der Waals surface area contributed by atoms with Crippen LogP contribution in [0.15, 0.2) is 69.2 Å². The van der Waals surface area contributed by atoms with Gasteiger partial charge < -0.3 is 10.5 Å². The van der Waals surface area contributed by atoms with Gasteiger partial charge in [-0.05, 0) is 66.1 Å². The highest BCUT2D eigenvalue weighted by molar-refractivity contribution is 7.98. The second-order valence-corrected chi connectivity index (χ2v) is 8.35. The molecule has 0 spiro atoms. The van der Waals surface area contributed by atoms with Gasteiger partial charge in [-0.2, -0.15) is 9.78 Å². The van der Waals surface area contributed by atoms with Gasteiger partial charge in [-0.15, -0.1) is 16.9 Å². The molecule has 2 aromatic heterocycles. The number of nitrogens with two attached hydrogens (primary N) is 1. The topological polar surface area (TPSA) is 146 Å². The number of anilines is 1. The quantitative estimate of drug-likeness (QED) is 0.210. The molecule has 0 bridgehead atoms. The highest BCUT2D eigenvalue weighted by Crippen LogP contribution is 2.25. The molecule has 0 radical (unpaired) electrons. The van der Waals surface area contributed by atoms with Crippen LogP contribution in [0.4, 0.5) is 5.82 Å². The smallest absolute Gasteiger partial charge is 0.293 e. The lowest BCUT2D eigenvalue weighted by Gasteiger charge is -2.09. The van der Waals surface area contributed by atoms with Crippen molar-refractivity contribution in [1.29, 1.82) is 0 Å². The average Bonchev–Trinajstić information content (AvgIpc) is 3.44. The number of ether oxygens (including phenoxy) is 1. The van der Waals surface area contributed by atoms with Gasteiger partial charge in [0, 0.05) is 10.6 Å².